The molecule has 1 saturated carbocycles. The number of nitrogens with zero attached hydrogens (tertiary/aromatic N) is 1. The highest BCUT2D eigenvalue weighted by atomic mass is 16.3. The fraction of sp³-hybridized carbons (Fsp3) is 1.00. The number of nitrogens with one attached hydrogen (secondary N) is 1. The zero-order valence-electron chi connectivity index (χ0n) is 9.50. The van der Waals surface area contributed by atoms with E-state index in [1.54, 1.807) is 0 Å². The smallest absolute Gasteiger partial charge is 0.0587 e. The van der Waals surface area contributed by atoms with Crippen LogP contribution in [0.5, 0.6) is 0 Å². The van der Waals surface area contributed by atoms with Gasteiger partial charge in [-0.15, -0.1) is 0 Å². The van der Waals surface area contributed by atoms with Crippen LogP contribution in [0.4, 0.5) is 0 Å². The molecule has 0 amide bonds. The van der Waals surface area contributed by atoms with Gasteiger partial charge in [-0.1, -0.05) is 12.8 Å². The molecule has 1 aliphatic carbocycles. The van der Waals surface area contributed by atoms with Crippen molar-refractivity contribution in [3.05, 3.63) is 0 Å². The predicted molar refractivity (Wildman–Crippen MR) is 59.4 cm³/mol. The van der Waals surface area contributed by atoms with Crippen molar-refractivity contribution >= 4 is 0 Å². The van der Waals surface area contributed by atoms with Gasteiger partial charge in [0.25, 0.3) is 0 Å². The summed E-state index contributed by atoms with van der Waals surface area (Å²) in [6.45, 7) is 2.32. The summed E-state index contributed by atoms with van der Waals surface area (Å²) in [6, 6.07) is 0.331. The molecule has 0 aliphatic heterocycles. The van der Waals surface area contributed by atoms with E-state index in [4.69, 9.17) is 0 Å². The number of rotatable bonds is 6. The molecule has 1 aliphatic rings. The van der Waals surface area contributed by atoms with Gasteiger partial charge in [0, 0.05) is 19.1 Å². The zero-order valence-corrected chi connectivity index (χ0v) is 9.50. The predicted octanol–water partition coefficient (Wildman–Crippen LogP) is 0.689. The molecule has 0 aromatic rings. The van der Waals surface area contributed by atoms with Crippen LogP contribution in [0.25, 0.3) is 0 Å². The van der Waals surface area contributed by atoms with Crippen molar-refractivity contribution in [1.29, 1.82) is 0 Å². The van der Waals surface area contributed by atoms with Crippen molar-refractivity contribution in [3.63, 3.8) is 0 Å². The first-order chi connectivity index (χ1) is 6.74. The maximum absolute atomic E-state index is 9.28. The van der Waals surface area contributed by atoms with E-state index in [9.17, 15) is 5.11 Å². The molecule has 0 aromatic heterocycles. The Kier molecular flexibility index (Phi) is 5.45. The van der Waals surface area contributed by atoms with E-state index < -0.39 is 0 Å². The normalized spacial score (nSPS) is 20.6. The minimum Gasteiger partial charge on any atom is -0.395 e. The van der Waals surface area contributed by atoms with E-state index in [0.29, 0.717) is 12.0 Å². The third-order valence-electron chi connectivity index (χ3n) is 3.13. The highest BCUT2D eigenvalue weighted by Crippen LogP contribution is 2.27. The van der Waals surface area contributed by atoms with Crippen LogP contribution in [0, 0.1) is 5.92 Å². The third kappa shape index (κ3) is 3.95. The van der Waals surface area contributed by atoms with Crippen molar-refractivity contribution in [2.45, 2.75) is 31.7 Å². The monoisotopic (exact) mass is 200 g/mol. The molecule has 1 unspecified atom stereocenters. The van der Waals surface area contributed by atoms with E-state index in [0.717, 1.165) is 13.1 Å². The first-order valence-electron chi connectivity index (χ1n) is 5.73. The maximum Gasteiger partial charge on any atom is 0.0587 e. The molecule has 1 rings (SSSR count). The summed E-state index contributed by atoms with van der Waals surface area (Å²) in [7, 11) is 4.15. The number of hydrogen-bond acceptors (Lipinski definition) is 3. The summed E-state index contributed by atoms with van der Waals surface area (Å²) in [5.74, 6) is 0.710. The van der Waals surface area contributed by atoms with Gasteiger partial charge in [-0.05, 0) is 32.9 Å². The second kappa shape index (κ2) is 6.38. The van der Waals surface area contributed by atoms with Gasteiger partial charge < -0.3 is 15.3 Å². The molecule has 1 atom stereocenters. The zero-order chi connectivity index (χ0) is 10.4. The van der Waals surface area contributed by atoms with Crippen LogP contribution in [0.1, 0.15) is 25.7 Å². The molecule has 14 heavy (non-hydrogen) atoms. The average molecular weight is 200 g/mol. The Morgan fingerprint density at radius 3 is 2.50 bits per heavy atom. The van der Waals surface area contributed by atoms with Crippen LogP contribution in [0.15, 0.2) is 0 Å². The minimum atomic E-state index is 0.290. The van der Waals surface area contributed by atoms with Gasteiger partial charge in [0.05, 0.1) is 6.61 Å². The molecular weight excluding hydrogens is 176 g/mol. The number of aliphatic hydroxyl groups is 1. The van der Waals surface area contributed by atoms with Crippen LogP contribution in [-0.4, -0.2) is 49.8 Å². The van der Waals surface area contributed by atoms with Crippen molar-refractivity contribution in [3.8, 4) is 0 Å². The fourth-order valence-corrected chi connectivity index (χ4v) is 2.21. The molecular formula is C11H24N2O. The topological polar surface area (TPSA) is 35.5 Å². The molecule has 2 N–H and O–H groups in total. The first kappa shape index (κ1) is 12.0. The Balaban J connectivity index is 2.17. The summed E-state index contributed by atoms with van der Waals surface area (Å²) in [4.78, 5) is 2.16. The lowest BCUT2D eigenvalue weighted by atomic mass is 9.99. The van der Waals surface area contributed by atoms with Crippen LogP contribution in [0.2, 0.25) is 0 Å². The standard InChI is InChI=1S/C11H24N2O/c1-13(2)8-7-12-11(9-14)10-5-3-4-6-10/h10-12,14H,3-9H2,1-2H3. The lowest BCUT2D eigenvalue weighted by molar-refractivity contribution is 0.196. The molecule has 0 bridgehead atoms. The van der Waals surface area contributed by atoms with Gasteiger partial charge in [-0.3, -0.25) is 0 Å². The lowest BCUT2D eigenvalue weighted by Crippen LogP contribution is -2.41. The minimum absolute atomic E-state index is 0.290. The van der Waals surface area contributed by atoms with Crippen LogP contribution >= 0.6 is 0 Å². The van der Waals surface area contributed by atoms with Gasteiger partial charge in [-0.25, -0.2) is 0 Å². The van der Waals surface area contributed by atoms with Gasteiger partial charge in [0.15, 0.2) is 0 Å². The summed E-state index contributed by atoms with van der Waals surface area (Å²) < 4.78 is 0. The van der Waals surface area contributed by atoms with Crippen LogP contribution < -0.4 is 5.32 Å². The van der Waals surface area contributed by atoms with Gasteiger partial charge in [-0.2, -0.15) is 0 Å². The largest absolute Gasteiger partial charge is 0.395 e. The van der Waals surface area contributed by atoms with Gasteiger partial charge >= 0.3 is 0 Å². The molecule has 0 aromatic carbocycles. The summed E-state index contributed by atoms with van der Waals surface area (Å²) in [5.41, 5.74) is 0. The SMILES string of the molecule is CN(C)CCNC(CO)C1CCCC1. The Hall–Kier alpha value is -0.120. The average Bonchev–Trinajstić information content (AvgIpc) is 2.64. The van der Waals surface area contributed by atoms with E-state index in [2.05, 4.69) is 24.3 Å². The number of hydrogen-bond donors (Lipinski definition) is 2. The first-order valence-corrected chi connectivity index (χ1v) is 5.73. The summed E-state index contributed by atoms with van der Waals surface area (Å²) in [6.07, 6.45) is 5.27. The van der Waals surface area contributed by atoms with E-state index in [1.165, 1.54) is 25.7 Å². The lowest BCUT2D eigenvalue weighted by Gasteiger charge is -2.23. The Bertz CT molecular complexity index is 144. The fourth-order valence-electron chi connectivity index (χ4n) is 2.21. The van der Waals surface area contributed by atoms with Crippen molar-refractivity contribution in [1.82, 2.24) is 10.2 Å². The maximum atomic E-state index is 9.28. The second-order valence-corrected chi connectivity index (χ2v) is 4.59. The Morgan fingerprint density at radius 1 is 1.36 bits per heavy atom. The van der Waals surface area contributed by atoms with Crippen LogP contribution in [-0.2, 0) is 0 Å². The van der Waals surface area contributed by atoms with Gasteiger partial charge in [0.1, 0.15) is 0 Å². The highest BCUT2D eigenvalue weighted by Gasteiger charge is 2.23. The molecule has 1 fully saturated rings. The Labute approximate surface area is 87.5 Å². The second-order valence-electron chi connectivity index (χ2n) is 4.59. The number of aliphatic hydroxyl groups excluding tert-OH is 1. The highest BCUT2D eigenvalue weighted by molar-refractivity contribution is 4.80. The third-order valence-corrected chi connectivity index (χ3v) is 3.13. The number of likely N-dealkylation sites (N-methyl/N-ethyl adjacent to an activating group) is 1. The van der Waals surface area contributed by atoms with Crippen molar-refractivity contribution in [2.24, 2.45) is 5.92 Å². The van der Waals surface area contributed by atoms with Crippen LogP contribution in [0.3, 0.4) is 0 Å². The van der Waals surface area contributed by atoms with Crippen molar-refractivity contribution < 1.29 is 5.11 Å². The van der Waals surface area contributed by atoms with E-state index in [1.807, 2.05) is 0 Å². The molecule has 3 heteroatoms. The molecule has 84 valence electrons. The Morgan fingerprint density at radius 2 is 2.00 bits per heavy atom. The molecule has 0 spiro atoms. The molecule has 0 heterocycles. The summed E-state index contributed by atoms with van der Waals surface area (Å²) in [5, 5.41) is 12.7. The van der Waals surface area contributed by atoms with Crippen molar-refractivity contribution in [2.75, 3.05) is 33.8 Å². The summed E-state index contributed by atoms with van der Waals surface area (Å²) >= 11 is 0. The molecule has 0 radical (unpaired) electrons. The molecule has 0 saturated heterocycles. The van der Waals surface area contributed by atoms with Gasteiger partial charge in [0.2, 0.25) is 0 Å². The molecule has 3 nitrogen and oxygen atoms in total. The van der Waals surface area contributed by atoms with E-state index >= 15 is 0 Å². The quantitative estimate of drug-likeness (QED) is 0.662. The van der Waals surface area contributed by atoms with E-state index in [-0.39, 0.29) is 6.61 Å².